The Hall–Kier alpha value is -2.36. The highest BCUT2D eigenvalue weighted by atomic mass is 16.7. The van der Waals surface area contributed by atoms with E-state index in [0.29, 0.717) is 36.3 Å². The van der Waals surface area contributed by atoms with Gasteiger partial charge in [-0.3, -0.25) is 9.59 Å². The molecule has 2 N–H and O–H groups in total. The Morgan fingerprint density at radius 1 is 1.13 bits per heavy atom. The van der Waals surface area contributed by atoms with Gasteiger partial charge in [-0.2, -0.15) is 0 Å². The zero-order chi connectivity index (χ0) is 21.1. The molecule has 164 valence electrons. The van der Waals surface area contributed by atoms with Gasteiger partial charge >= 0.3 is 0 Å². The van der Waals surface area contributed by atoms with Crippen molar-refractivity contribution < 1.29 is 28.9 Å². The van der Waals surface area contributed by atoms with Crippen LogP contribution < -0.4 is 14.8 Å². The number of benzene rings is 1. The first-order valence-corrected chi connectivity index (χ1v) is 10.5. The van der Waals surface area contributed by atoms with E-state index in [1.807, 2.05) is 4.90 Å². The van der Waals surface area contributed by atoms with Crippen molar-refractivity contribution in [2.45, 2.75) is 37.5 Å². The summed E-state index contributed by atoms with van der Waals surface area (Å²) in [6.45, 7) is 3.16. The van der Waals surface area contributed by atoms with Crippen LogP contribution in [0.15, 0.2) is 18.2 Å². The maximum atomic E-state index is 12.7. The molecule has 0 aromatic heterocycles. The van der Waals surface area contributed by atoms with Gasteiger partial charge in [0.05, 0.1) is 25.2 Å². The minimum atomic E-state index is -0.540. The molecule has 0 aliphatic carbocycles. The van der Waals surface area contributed by atoms with Crippen molar-refractivity contribution in [1.82, 2.24) is 15.1 Å². The van der Waals surface area contributed by atoms with Crippen molar-refractivity contribution in [3.63, 3.8) is 0 Å². The standard InChI is InChI=1S/C21H29N3O6/c1-23-6-8-24(9-7-23)20(26)11-15-3-4-16(19(12-25)30-15)22-21(27)14-2-5-17-18(10-14)29-13-28-17/h2,5,10,15-16,19,25H,3-4,6-9,11-13H2,1H3,(H,22,27)/t15-,16-,19-/m1/s1. The summed E-state index contributed by atoms with van der Waals surface area (Å²) in [7, 11) is 2.05. The van der Waals surface area contributed by atoms with Gasteiger partial charge in [-0.25, -0.2) is 0 Å². The molecule has 30 heavy (non-hydrogen) atoms. The predicted octanol–water partition coefficient (Wildman–Crippen LogP) is 0.218. The van der Waals surface area contributed by atoms with Crippen LogP contribution in [0.1, 0.15) is 29.6 Å². The monoisotopic (exact) mass is 419 g/mol. The quantitative estimate of drug-likeness (QED) is 0.704. The van der Waals surface area contributed by atoms with E-state index in [-0.39, 0.29) is 37.4 Å². The molecular formula is C21H29N3O6. The van der Waals surface area contributed by atoms with E-state index in [4.69, 9.17) is 14.2 Å². The molecule has 2 fully saturated rings. The zero-order valence-corrected chi connectivity index (χ0v) is 17.2. The fourth-order valence-corrected chi connectivity index (χ4v) is 4.12. The Labute approximate surface area is 175 Å². The van der Waals surface area contributed by atoms with Gasteiger partial charge in [0.1, 0.15) is 6.10 Å². The normalized spacial score (nSPS) is 26.5. The number of ether oxygens (including phenoxy) is 3. The summed E-state index contributed by atoms with van der Waals surface area (Å²) >= 11 is 0. The number of nitrogens with zero attached hydrogens (tertiary/aromatic N) is 2. The highest BCUT2D eigenvalue weighted by Crippen LogP contribution is 2.32. The highest BCUT2D eigenvalue weighted by molar-refractivity contribution is 5.95. The van der Waals surface area contributed by atoms with E-state index in [1.165, 1.54) is 0 Å². The predicted molar refractivity (Wildman–Crippen MR) is 107 cm³/mol. The first kappa shape index (κ1) is 20.9. The Kier molecular flexibility index (Phi) is 6.40. The summed E-state index contributed by atoms with van der Waals surface area (Å²) in [5.74, 6) is 0.998. The second-order valence-electron chi connectivity index (χ2n) is 8.09. The zero-order valence-electron chi connectivity index (χ0n) is 17.2. The Bertz CT molecular complexity index is 780. The minimum Gasteiger partial charge on any atom is -0.454 e. The van der Waals surface area contributed by atoms with Gasteiger partial charge < -0.3 is 34.4 Å². The third kappa shape index (κ3) is 4.69. The second kappa shape index (κ2) is 9.20. The number of carbonyl (C=O) groups is 2. The first-order valence-electron chi connectivity index (χ1n) is 10.5. The van der Waals surface area contributed by atoms with Gasteiger partial charge in [0, 0.05) is 31.7 Å². The van der Waals surface area contributed by atoms with Crippen LogP contribution >= 0.6 is 0 Å². The maximum absolute atomic E-state index is 12.7. The van der Waals surface area contributed by atoms with E-state index >= 15 is 0 Å². The van der Waals surface area contributed by atoms with Crippen molar-refractivity contribution in [1.29, 1.82) is 0 Å². The van der Waals surface area contributed by atoms with E-state index < -0.39 is 6.10 Å². The molecule has 0 spiro atoms. The van der Waals surface area contributed by atoms with Crippen molar-refractivity contribution in [2.24, 2.45) is 0 Å². The molecule has 1 aromatic rings. The van der Waals surface area contributed by atoms with Gasteiger partial charge in [-0.1, -0.05) is 0 Å². The molecule has 3 aliphatic heterocycles. The summed E-state index contributed by atoms with van der Waals surface area (Å²) in [5, 5.41) is 12.7. The summed E-state index contributed by atoms with van der Waals surface area (Å²) in [6, 6.07) is 4.71. The molecule has 9 nitrogen and oxygen atoms in total. The van der Waals surface area contributed by atoms with Crippen molar-refractivity contribution in [2.75, 3.05) is 46.6 Å². The third-order valence-corrected chi connectivity index (χ3v) is 6.01. The number of hydrogen-bond donors (Lipinski definition) is 2. The Morgan fingerprint density at radius 3 is 2.67 bits per heavy atom. The number of rotatable bonds is 5. The molecule has 3 heterocycles. The number of nitrogens with one attached hydrogen (secondary N) is 1. The van der Waals surface area contributed by atoms with Gasteiger partial charge in [-0.15, -0.1) is 0 Å². The molecule has 0 unspecified atom stereocenters. The van der Waals surface area contributed by atoms with E-state index in [0.717, 1.165) is 26.2 Å². The SMILES string of the molecule is CN1CCN(C(=O)C[C@H]2CC[C@@H](NC(=O)c3ccc4c(c3)OCO4)[C@@H](CO)O2)CC1. The fraction of sp³-hybridized carbons (Fsp3) is 0.619. The lowest BCUT2D eigenvalue weighted by atomic mass is 9.96. The molecule has 2 saturated heterocycles. The fourth-order valence-electron chi connectivity index (χ4n) is 4.12. The lowest BCUT2D eigenvalue weighted by Gasteiger charge is -2.37. The van der Waals surface area contributed by atoms with Crippen LogP contribution in [0.25, 0.3) is 0 Å². The molecule has 2 amide bonds. The van der Waals surface area contributed by atoms with Crippen LogP contribution in [-0.2, 0) is 9.53 Å². The molecular weight excluding hydrogens is 390 g/mol. The molecule has 0 saturated carbocycles. The number of amides is 2. The van der Waals surface area contributed by atoms with Crippen molar-refractivity contribution >= 4 is 11.8 Å². The molecule has 0 radical (unpaired) electrons. The molecule has 3 atom stereocenters. The van der Waals surface area contributed by atoms with Crippen LogP contribution in [0.3, 0.4) is 0 Å². The lowest BCUT2D eigenvalue weighted by Crippen LogP contribution is -2.52. The van der Waals surface area contributed by atoms with Crippen LogP contribution in [0.4, 0.5) is 0 Å². The van der Waals surface area contributed by atoms with Crippen molar-refractivity contribution in [3.8, 4) is 11.5 Å². The van der Waals surface area contributed by atoms with Gasteiger partial charge in [0.15, 0.2) is 11.5 Å². The summed E-state index contributed by atoms with van der Waals surface area (Å²) in [5.41, 5.74) is 0.461. The smallest absolute Gasteiger partial charge is 0.251 e. The number of piperazine rings is 1. The summed E-state index contributed by atoms with van der Waals surface area (Å²) in [6.07, 6.45) is 0.822. The van der Waals surface area contributed by atoms with E-state index in [1.54, 1.807) is 18.2 Å². The maximum Gasteiger partial charge on any atom is 0.251 e. The number of fused-ring (bicyclic) bond motifs is 1. The van der Waals surface area contributed by atoms with Crippen LogP contribution in [-0.4, -0.2) is 91.6 Å². The van der Waals surface area contributed by atoms with Crippen molar-refractivity contribution in [3.05, 3.63) is 23.8 Å². The largest absolute Gasteiger partial charge is 0.454 e. The third-order valence-electron chi connectivity index (χ3n) is 6.01. The number of hydrogen-bond acceptors (Lipinski definition) is 7. The number of likely N-dealkylation sites (N-methyl/N-ethyl adjacent to an activating group) is 1. The average Bonchev–Trinajstić information content (AvgIpc) is 3.23. The number of aliphatic hydroxyl groups is 1. The topological polar surface area (TPSA) is 101 Å². The molecule has 4 rings (SSSR count). The molecule has 0 bridgehead atoms. The summed E-state index contributed by atoms with van der Waals surface area (Å²) in [4.78, 5) is 29.3. The van der Waals surface area contributed by atoms with E-state index in [9.17, 15) is 14.7 Å². The Balaban J connectivity index is 1.30. The minimum absolute atomic E-state index is 0.0904. The number of carbonyl (C=O) groups excluding carboxylic acids is 2. The number of aliphatic hydroxyl groups excluding tert-OH is 1. The average molecular weight is 419 g/mol. The summed E-state index contributed by atoms with van der Waals surface area (Å²) < 4.78 is 16.6. The van der Waals surface area contributed by atoms with Crippen LogP contribution in [0.5, 0.6) is 11.5 Å². The molecule has 1 aromatic carbocycles. The second-order valence-corrected chi connectivity index (χ2v) is 8.09. The molecule has 3 aliphatic rings. The van der Waals surface area contributed by atoms with Gasteiger partial charge in [0.2, 0.25) is 12.7 Å². The van der Waals surface area contributed by atoms with E-state index in [2.05, 4.69) is 17.3 Å². The highest BCUT2D eigenvalue weighted by Gasteiger charge is 2.34. The van der Waals surface area contributed by atoms with Gasteiger partial charge in [-0.05, 0) is 38.1 Å². The van der Waals surface area contributed by atoms with Gasteiger partial charge in [0.25, 0.3) is 5.91 Å². The lowest BCUT2D eigenvalue weighted by molar-refractivity contribution is -0.141. The Morgan fingerprint density at radius 2 is 1.90 bits per heavy atom. The first-order chi connectivity index (χ1) is 14.5. The van der Waals surface area contributed by atoms with Crippen LogP contribution in [0.2, 0.25) is 0 Å². The van der Waals surface area contributed by atoms with Crippen LogP contribution in [0, 0.1) is 0 Å². The molecule has 9 heteroatoms.